The van der Waals surface area contributed by atoms with Crippen molar-refractivity contribution >= 4 is 5.84 Å². The number of nitrogens with one attached hydrogen (secondary N) is 1. The van der Waals surface area contributed by atoms with Gasteiger partial charge in [-0.1, -0.05) is 19.3 Å². The summed E-state index contributed by atoms with van der Waals surface area (Å²) >= 11 is 0. The molecule has 1 heterocycles. The van der Waals surface area contributed by atoms with Crippen LogP contribution in [0.1, 0.15) is 59.3 Å². The molecule has 3 heteroatoms. The van der Waals surface area contributed by atoms with Crippen molar-refractivity contribution in [3.8, 4) is 6.07 Å². The van der Waals surface area contributed by atoms with Gasteiger partial charge in [0.2, 0.25) is 0 Å². The van der Waals surface area contributed by atoms with E-state index < -0.39 is 0 Å². The van der Waals surface area contributed by atoms with E-state index in [0.29, 0.717) is 0 Å². The van der Waals surface area contributed by atoms with E-state index in [9.17, 15) is 5.26 Å². The third kappa shape index (κ3) is 1.94. The van der Waals surface area contributed by atoms with E-state index in [0.717, 1.165) is 25.1 Å². The molecule has 1 atom stereocenters. The van der Waals surface area contributed by atoms with Crippen molar-refractivity contribution < 1.29 is 0 Å². The van der Waals surface area contributed by atoms with Gasteiger partial charge in [0.05, 0.1) is 6.07 Å². The zero-order valence-corrected chi connectivity index (χ0v) is 11.2. The molecule has 1 spiro atoms. The van der Waals surface area contributed by atoms with Crippen LogP contribution in [0.2, 0.25) is 0 Å². The van der Waals surface area contributed by atoms with Gasteiger partial charge < -0.3 is 4.90 Å². The van der Waals surface area contributed by atoms with Crippen molar-refractivity contribution in [3.05, 3.63) is 0 Å². The first-order valence-corrected chi connectivity index (χ1v) is 6.69. The lowest BCUT2D eigenvalue weighted by Crippen LogP contribution is -2.48. The Morgan fingerprint density at radius 3 is 2.29 bits per heavy atom. The average Bonchev–Trinajstić information content (AvgIpc) is 2.53. The molecule has 1 aliphatic heterocycles. The van der Waals surface area contributed by atoms with E-state index in [1.807, 2.05) is 0 Å². The fraction of sp³-hybridized carbons (Fsp3) is 0.857. The smallest absolute Gasteiger partial charge is 0.119 e. The van der Waals surface area contributed by atoms with E-state index in [1.54, 1.807) is 0 Å². The van der Waals surface area contributed by atoms with Gasteiger partial charge in [0, 0.05) is 11.0 Å². The quantitative estimate of drug-likeness (QED) is 0.698. The van der Waals surface area contributed by atoms with Crippen molar-refractivity contribution in [2.75, 3.05) is 0 Å². The van der Waals surface area contributed by atoms with Crippen LogP contribution >= 0.6 is 0 Å². The Bertz CT molecular complexity index is 353. The molecule has 0 aromatic heterocycles. The fourth-order valence-corrected chi connectivity index (χ4v) is 3.55. The molecule has 1 saturated carbocycles. The third-order valence-corrected chi connectivity index (χ3v) is 4.32. The van der Waals surface area contributed by atoms with Crippen molar-refractivity contribution in [1.29, 1.82) is 10.7 Å². The Kier molecular flexibility index (Phi) is 2.93. The summed E-state index contributed by atoms with van der Waals surface area (Å²) in [5, 5.41) is 17.9. The first kappa shape index (κ1) is 12.4. The molecule has 0 aromatic carbocycles. The van der Waals surface area contributed by atoms with Crippen molar-refractivity contribution in [2.24, 2.45) is 5.41 Å². The predicted molar refractivity (Wildman–Crippen MR) is 68.9 cm³/mol. The zero-order chi connectivity index (χ0) is 12.7. The predicted octanol–water partition coefficient (Wildman–Crippen LogP) is 3.31. The number of hydrogen-bond acceptors (Lipinski definition) is 2. The topological polar surface area (TPSA) is 50.9 Å². The van der Waals surface area contributed by atoms with E-state index >= 15 is 0 Å². The van der Waals surface area contributed by atoms with Crippen LogP contribution in [0.15, 0.2) is 0 Å². The summed E-state index contributed by atoms with van der Waals surface area (Å²) in [7, 11) is 0. The molecule has 2 fully saturated rings. The van der Waals surface area contributed by atoms with Gasteiger partial charge in [0.15, 0.2) is 0 Å². The number of rotatable bonds is 0. The molecule has 1 aliphatic carbocycles. The second kappa shape index (κ2) is 4.01. The maximum absolute atomic E-state index is 9.34. The second-order valence-electron chi connectivity index (χ2n) is 6.58. The molecule has 0 aromatic rings. The number of likely N-dealkylation sites (tertiary alicyclic amines) is 1. The molecule has 1 N–H and O–H groups in total. The monoisotopic (exact) mass is 233 g/mol. The lowest BCUT2D eigenvalue weighted by molar-refractivity contribution is 0.220. The largest absolute Gasteiger partial charge is 0.339 e. The maximum Gasteiger partial charge on any atom is 0.119 e. The fourth-order valence-electron chi connectivity index (χ4n) is 3.55. The molecular weight excluding hydrogens is 210 g/mol. The molecular formula is C14H23N3. The van der Waals surface area contributed by atoms with Gasteiger partial charge in [0.25, 0.3) is 0 Å². The van der Waals surface area contributed by atoms with Crippen molar-refractivity contribution in [3.63, 3.8) is 0 Å². The summed E-state index contributed by atoms with van der Waals surface area (Å²) in [6.07, 6.45) is 6.82. The molecule has 0 radical (unpaired) electrons. The van der Waals surface area contributed by atoms with Crippen molar-refractivity contribution in [2.45, 2.75) is 70.9 Å². The summed E-state index contributed by atoms with van der Waals surface area (Å²) in [5.74, 6) is 0.733. The second-order valence-corrected chi connectivity index (χ2v) is 6.58. The van der Waals surface area contributed by atoms with Crippen LogP contribution in [-0.4, -0.2) is 22.3 Å². The molecule has 2 rings (SSSR count). The molecule has 1 saturated heterocycles. The van der Waals surface area contributed by atoms with Gasteiger partial charge in [-0.25, -0.2) is 0 Å². The summed E-state index contributed by atoms with van der Waals surface area (Å²) in [6, 6.07) is 2.31. The molecule has 0 amide bonds. The standard InChI is InChI=1S/C14H23N3/c1-13(2,3)17-11(10-15)9-14(12(17)16)7-5-4-6-8-14/h11,16H,4-9H2,1-3H3. The molecule has 17 heavy (non-hydrogen) atoms. The Labute approximate surface area is 104 Å². The first-order valence-electron chi connectivity index (χ1n) is 6.69. The Hall–Kier alpha value is -1.04. The lowest BCUT2D eigenvalue weighted by atomic mass is 9.72. The van der Waals surface area contributed by atoms with Crippen LogP contribution in [0.3, 0.4) is 0 Å². The maximum atomic E-state index is 9.34. The summed E-state index contributed by atoms with van der Waals surface area (Å²) in [4.78, 5) is 2.05. The Morgan fingerprint density at radius 2 is 1.88 bits per heavy atom. The highest BCUT2D eigenvalue weighted by molar-refractivity contribution is 5.89. The highest BCUT2D eigenvalue weighted by Gasteiger charge is 2.51. The van der Waals surface area contributed by atoms with E-state index in [-0.39, 0.29) is 17.0 Å². The van der Waals surface area contributed by atoms with Crippen molar-refractivity contribution in [1.82, 2.24) is 4.90 Å². The lowest BCUT2D eigenvalue weighted by Gasteiger charge is -2.39. The highest BCUT2D eigenvalue weighted by atomic mass is 15.3. The van der Waals surface area contributed by atoms with Crippen LogP contribution in [0.25, 0.3) is 0 Å². The minimum absolute atomic E-state index is 0.0198. The summed E-state index contributed by atoms with van der Waals surface area (Å²) in [6.45, 7) is 6.31. The van der Waals surface area contributed by atoms with E-state index in [2.05, 4.69) is 31.7 Å². The van der Waals surface area contributed by atoms with Crippen LogP contribution < -0.4 is 0 Å². The average molecular weight is 233 g/mol. The minimum atomic E-state index is -0.113. The van der Waals surface area contributed by atoms with Crippen LogP contribution in [0.5, 0.6) is 0 Å². The first-order chi connectivity index (χ1) is 7.91. The van der Waals surface area contributed by atoms with Gasteiger partial charge >= 0.3 is 0 Å². The normalized spacial score (nSPS) is 28.5. The molecule has 94 valence electrons. The highest BCUT2D eigenvalue weighted by Crippen LogP contribution is 2.49. The third-order valence-electron chi connectivity index (χ3n) is 4.32. The Balaban J connectivity index is 2.31. The van der Waals surface area contributed by atoms with Crippen LogP contribution in [0.4, 0.5) is 0 Å². The number of nitriles is 1. The van der Waals surface area contributed by atoms with Gasteiger partial charge in [0.1, 0.15) is 11.9 Å². The molecule has 1 unspecified atom stereocenters. The SMILES string of the molecule is CC(C)(C)N1C(=N)C2(CCCCC2)CC1C#N. The number of nitrogens with zero attached hydrogens (tertiary/aromatic N) is 2. The summed E-state index contributed by atoms with van der Waals surface area (Å²) in [5.41, 5.74) is -0.0929. The van der Waals surface area contributed by atoms with Gasteiger partial charge in [-0.2, -0.15) is 5.26 Å². The van der Waals surface area contributed by atoms with Gasteiger partial charge in [-0.3, -0.25) is 5.41 Å². The molecule has 2 aliphatic rings. The van der Waals surface area contributed by atoms with E-state index in [4.69, 9.17) is 5.41 Å². The van der Waals surface area contributed by atoms with Crippen LogP contribution in [-0.2, 0) is 0 Å². The summed E-state index contributed by atoms with van der Waals surface area (Å²) < 4.78 is 0. The number of hydrogen-bond donors (Lipinski definition) is 1. The zero-order valence-electron chi connectivity index (χ0n) is 11.2. The van der Waals surface area contributed by atoms with Crippen LogP contribution in [0, 0.1) is 22.2 Å². The number of amidine groups is 1. The molecule has 3 nitrogen and oxygen atoms in total. The molecule has 0 bridgehead atoms. The van der Waals surface area contributed by atoms with E-state index in [1.165, 1.54) is 19.3 Å². The minimum Gasteiger partial charge on any atom is -0.339 e. The van der Waals surface area contributed by atoms with Gasteiger partial charge in [-0.15, -0.1) is 0 Å². The van der Waals surface area contributed by atoms with Gasteiger partial charge in [-0.05, 0) is 40.0 Å². The Morgan fingerprint density at radius 1 is 1.29 bits per heavy atom.